The Hall–Kier alpha value is -1.35. The van der Waals surface area contributed by atoms with Gasteiger partial charge in [-0.2, -0.15) is 0 Å². The van der Waals surface area contributed by atoms with E-state index in [1.54, 1.807) is 19.2 Å². The molecule has 0 spiro atoms. The summed E-state index contributed by atoms with van der Waals surface area (Å²) in [6.45, 7) is 1.61. The van der Waals surface area contributed by atoms with Gasteiger partial charge in [-0.1, -0.05) is 6.07 Å². The maximum Gasteiger partial charge on any atom is 0.244 e. The highest BCUT2D eigenvalue weighted by molar-refractivity contribution is 7.89. The van der Waals surface area contributed by atoms with Gasteiger partial charge in [0.25, 0.3) is 0 Å². The Bertz CT molecular complexity index is 632. The third-order valence-corrected chi connectivity index (χ3v) is 5.25. The van der Waals surface area contributed by atoms with Crippen LogP contribution < -0.4 is 14.2 Å². The minimum absolute atomic E-state index is 0.0889. The predicted octanol–water partition coefficient (Wildman–Crippen LogP) is 0.540. The van der Waals surface area contributed by atoms with Gasteiger partial charge < -0.3 is 18.9 Å². The standard InChI is InChI=1S/C14H19NO6S/c1-18-12-9-19-6-5-10(12)15-22(16,17)13-4-2-3-11-14(13)21-8-7-20-11/h2-4,10,12,15H,5-9H2,1H3/t10-,12-/m1/s1. The van der Waals surface area contributed by atoms with Crippen molar-refractivity contribution in [2.24, 2.45) is 0 Å². The third-order valence-electron chi connectivity index (χ3n) is 3.73. The Morgan fingerprint density at radius 3 is 2.86 bits per heavy atom. The van der Waals surface area contributed by atoms with Crippen LogP contribution in [0.15, 0.2) is 23.1 Å². The van der Waals surface area contributed by atoms with Crippen molar-refractivity contribution in [3.63, 3.8) is 0 Å². The number of methoxy groups -OCH3 is 1. The largest absolute Gasteiger partial charge is 0.486 e. The molecule has 0 saturated carbocycles. The van der Waals surface area contributed by atoms with Crippen LogP contribution in [0.3, 0.4) is 0 Å². The minimum atomic E-state index is -3.73. The third kappa shape index (κ3) is 3.05. The molecule has 0 amide bonds. The summed E-state index contributed by atoms with van der Waals surface area (Å²) in [5.74, 6) is 0.715. The van der Waals surface area contributed by atoms with Gasteiger partial charge in [-0.15, -0.1) is 0 Å². The lowest BCUT2D eigenvalue weighted by molar-refractivity contribution is -0.0448. The lowest BCUT2D eigenvalue weighted by Crippen LogP contribution is -2.49. The van der Waals surface area contributed by atoms with Gasteiger partial charge in [0.1, 0.15) is 18.1 Å². The summed E-state index contributed by atoms with van der Waals surface area (Å²) in [5.41, 5.74) is 0. The molecule has 2 atom stereocenters. The Labute approximate surface area is 129 Å². The number of sulfonamides is 1. The molecule has 1 saturated heterocycles. The summed E-state index contributed by atoms with van der Waals surface area (Å²) >= 11 is 0. The zero-order chi connectivity index (χ0) is 15.6. The number of nitrogens with one attached hydrogen (secondary N) is 1. The van der Waals surface area contributed by atoms with Crippen molar-refractivity contribution in [1.82, 2.24) is 4.72 Å². The predicted molar refractivity (Wildman–Crippen MR) is 77.8 cm³/mol. The summed E-state index contributed by atoms with van der Waals surface area (Å²) in [6, 6.07) is 4.51. The van der Waals surface area contributed by atoms with E-state index in [2.05, 4.69) is 4.72 Å². The van der Waals surface area contributed by atoms with E-state index in [0.29, 0.717) is 38.6 Å². The van der Waals surface area contributed by atoms with E-state index in [-0.39, 0.29) is 22.8 Å². The second-order valence-electron chi connectivity index (χ2n) is 5.15. The zero-order valence-electron chi connectivity index (χ0n) is 12.3. The van der Waals surface area contributed by atoms with Gasteiger partial charge in [-0.05, 0) is 18.6 Å². The monoisotopic (exact) mass is 329 g/mol. The summed E-state index contributed by atoms with van der Waals surface area (Å²) in [6.07, 6.45) is 0.254. The number of hydrogen-bond acceptors (Lipinski definition) is 6. The molecule has 3 rings (SSSR count). The number of fused-ring (bicyclic) bond motifs is 1. The van der Waals surface area contributed by atoms with Crippen LogP contribution in [0.2, 0.25) is 0 Å². The van der Waals surface area contributed by atoms with Gasteiger partial charge in [0.05, 0.1) is 18.8 Å². The van der Waals surface area contributed by atoms with E-state index in [4.69, 9.17) is 18.9 Å². The Morgan fingerprint density at radius 1 is 1.23 bits per heavy atom. The van der Waals surface area contributed by atoms with Crippen LogP contribution in [0.4, 0.5) is 0 Å². The lowest BCUT2D eigenvalue weighted by Gasteiger charge is -2.31. The fraction of sp³-hybridized carbons (Fsp3) is 0.571. The second kappa shape index (κ2) is 6.41. The number of rotatable bonds is 4. The number of benzene rings is 1. The molecule has 22 heavy (non-hydrogen) atoms. The van der Waals surface area contributed by atoms with Gasteiger partial charge in [-0.25, -0.2) is 13.1 Å². The summed E-state index contributed by atoms with van der Waals surface area (Å²) in [5, 5.41) is 0. The first-order valence-electron chi connectivity index (χ1n) is 7.13. The second-order valence-corrected chi connectivity index (χ2v) is 6.83. The average molecular weight is 329 g/mol. The smallest absolute Gasteiger partial charge is 0.244 e. The van der Waals surface area contributed by atoms with Crippen molar-refractivity contribution in [2.45, 2.75) is 23.5 Å². The highest BCUT2D eigenvalue weighted by Gasteiger charge is 2.32. The maximum absolute atomic E-state index is 12.7. The van der Waals surface area contributed by atoms with Crippen molar-refractivity contribution >= 4 is 10.0 Å². The van der Waals surface area contributed by atoms with E-state index in [1.807, 2.05) is 0 Å². The van der Waals surface area contributed by atoms with Crippen molar-refractivity contribution in [2.75, 3.05) is 33.5 Å². The summed E-state index contributed by atoms with van der Waals surface area (Å²) in [4.78, 5) is 0.0889. The van der Waals surface area contributed by atoms with Gasteiger partial charge in [-0.3, -0.25) is 0 Å². The van der Waals surface area contributed by atoms with Crippen molar-refractivity contribution in [3.05, 3.63) is 18.2 Å². The zero-order valence-corrected chi connectivity index (χ0v) is 13.1. The molecule has 1 N–H and O–H groups in total. The van der Waals surface area contributed by atoms with Crippen LogP contribution in [0, 0.1) is 0 Å². The van der Waals surface area contributed by atoms with Crippen LogP contribution in [-0.4, -0.2) is 54.1 Å². The quantitative estimate of drug-likeness (QED) is 0.868. The maximum atomic E-state index is 12.7. The minimum Gasteiger partial charge on any atom is -0.486 e. The molecule has 0 bridgehead atoms. The number of para-hydroxylation sites is 1. The highest BCUT2D eigenvalue weighted by atomic mass is 32.2. The molecular formula is C14H19NO6S. The molecule has 2 heterocycles. The van der Waals surface area contributed by atoms with Crippen molar-refractivity contribution in [3.8, 4) is 11.5 Å². The lowest BCUT2D eigenvalue weighted by atomic mass is 10.1. The van der Waals surface area contributed by atoms with Crippen LogP contribution in [-0.2, 0) is 19.5 Å². The molecule has 1 aromatic carbocycles. The van der Waals surface area contributed by atoms with Crippen molar-refractivity contribution in [1.29, 1.82) is 0 Å². The van der Waals surface area contributed by atoms with E-state index in [0.717, 1.165) is 0 Å². The molecule has 0 aliphatic carbocycles. The number of hydrogen-bond donors (Lipinski definition) is 1. The Morgan fingerprint density at radius 2 is 2.05 bits per heavy atom. The van der Waals surface area contributed by atoms with Crippen LogP contribution >= 0.6 is 0 Å². The first-order chi connectivity index (χ1) is 10.6. The Kier molecular flexibility index (Phi) is 4.53. The molecule has 2 aliphatic rings. The van der Waals surface area contributed by atoms with E-state index < -0.39 is 10.0 Å². The normalized spacial score (nSPS) is 25.0. The molecule has 1 aromatic rings. The fourth-order valence-electron chi connectivity index (χ4n) is 2.60. The van der Waals surface area contributed by atoms with Gasteiger partial charge in [0.2, 0.25) is 10.0 Å². The molecule has 7 nitrogen and oxygen atoms in total. The van der Waals surface area contributed by atoms with E-state index >= 15 is 0 Å². The molecule has 0 aromatic heterocycles. The summed E-state index contributed by atoms with van der Waals surface area (Å²) in [7, 11) is -2.19. The molecule has 0 unspecified atom stereocenters. The van der Waals surface area contributed by atoms with Gasteiger partial charge >= 0.3 is 0 Å². The van der Waals surface area contributed by atoms with Gasteiger partial charge in [0.15, 0.2) is 11.5 Å². The Balaban J connectivity index is 1.87. The first-order valence-corrected chi connectivity index (χ1v) is 8.61. The molecular weight excluding hydrogens is 310 g/mol. The van der Waals surface area contributed by atoms with E-state index in [1.165, 1.54) is 6.07 Å². The van der Waals surface area contributed by atoms with Gasteiger partial charge in [0, 0.05) is 13.7 Å². The molecule has 1 fully saturated rings. The highest BCUT2D eigenvalue weighted by Crippen LogP contribution is 2.36. The van der Waals surface area contributed by atoms with Crippen LogP contribution in [0.1, 0.15) is 6.42 Å². The first kappa shape index (κ1) is 15.5. The molecule has 2 aliphatic heterocycles. The molecule has 122 valence electrons. The fourth-order valence-corrected chi connectivity index (χ4v) is 4.06. The topological polar surface area (TPSA) is 83.1 Å². The molecule has 0 radical (unpaired) electrons. The van der Waals surface area contributed by atoms with Crippen LogP contribution in [0.25, 0.3) is 0 Å². The SMILES string of the molecule is CO[C@@H]1COCC[C@H]1NS(=O)(=O)c1cccc2c1OCCO2. The molecule has 8 heteroatoms. The van der Waals surface area contributed by atoms with Crippen molar-refractivity contribution < 1.29 is 27.4 Å². The van der Waals surface area contributed by atoms with E-state index in [9.17, 15) is 8.42 Å². The average Bonchev–Trinajstić information content (AvgIpc) is 2.54. The van der Waals surface area contributed by atoms with Crippen LogP contribution in [0.5, 0.6) is 11.5 Å². The summed E-state index contributed by atoms with van der Waals surface area (Å²) < 4.78 is 49.6. The number of ether oxygens (including phenoxy) is 4.